The van der Waals surface area contributed by atoms with Crippen LogP contribution in [0.1, 0.15) is 24.8 Å². The molecule has 2 N–H and O–H groups in total. The smallest absolute Gasteiger partial charge is 0.243 e. The average molecular weight is 408 g/mol. The molecule has 0 bridgehead atoms. The fourth-order valence-corrected chi connectivity index (χ4v) is 4.68. The summed E-state index contributed by atoms with van der Waals surface area (Å²) in [4.78, 5) is 0.286. The zero-order chi connectivity index (χ0) is 19.3. The molecule has 5 nitrogen and oxygen atoms in total. The first-order valence-corrected chi connectivity index (χ1v) is 10.7. The van der Waals surface area contributed by atoms with Gasteiger partial charge in [-0.05, 0) is 67.0 Å². The van der Waals surface area contributed by atoms with Crippen molar-refractivity contribution >= 4 is 33.0 Å². The van der Waals surface area contributed by atoms with E-state index < -0.39 is 10.0 Å². The molecule has 0 unspecified atom stereocenters. The molecule has 0 atom stereocenters. The first-order chi connectivity index (χ1) is 12.9. The first kappa shape index (κ1) is 19.7. The normalized spacial score (nSPS) is 15.3. The Morgan fingerprint density at radius 3 is 2.44 bits per heavy atom. The van der Waals surface area contributed by atoms with Gasteiger partial charge in [0.05, 0.1) is 4.90 Å². The molecule has 1 heterocycles. The number of rotatable bonds is 5. The van der Waals surface area contributed by atoms with Crippen molar-refractivity contribution in [2.75, 3.05) is 18.4 Å². The van der Waals surface area contributed by atoms with Crippen LogP contribution in [0.3, 0.4) is 0 Å². The standard InChI is InChI=1S/C19H22FN3O2S2/c20-16-6-4-5-15(13-16)14-21-19(26)22-17-7-9-18(10-8-17)27(24,25)23-11-2-1-3-12-23/h4-10,13H,1-3,11-12,14H2,(H2,21,22,26). The van der Waals surface area contributed by atoms with Crippen LogP contribution >= 0.6 is 12.2 Å². The van der Waals surface area contributed by atoms with Gasteiger partial charge >= 0.3 is 0 Å². The Bertz CT molecular complexity index is 895. The van der Waals surface area contributed by atoms with E-state index >= 15 is 0 Å². The number of hydrogen-bond donors (Lipinski definition) is 2. The molecule has 8 heteroatoms. The lowest BCUT2D eigenvalue weighted by Crippen LogP contribution is -2.35. The number of nitrogens with zero attached hydrogens (tertiary/aromatic N) is 1. The van der Waals surface area contributed by atoms with Crippen LogP contribution < -0.4 is 10.6 Å². The largest absolute Gasteiger partial charge is 0.358 e. The van der Waals surface area contributed by atoms with Crippen LogP contribution in [0.4, 0.5) is 10.1 Å². The van der Waals surface area contributed by atoms with Crippen LogP contribution in [0.25, 0.3) is 0 Å². The number of anilines is 1. The van der Waals surface area contributed by atoms with Crippen molar-refractivity contribution in [2.45, 2.75) is 30.7 Å². The van der Waals surface area contributed by atoms with E-state index in [0.29, 0.717) is 30.4 Å². The number of hydrogen-bond acceptors (Lipinski definition) is 3. The third-order valence-electron chi connectivity index (χ3n) is 4.41. The Balaban J connectivity index is 1.57. The zero-order valence-corrected chi connectivity index (χ0v) is 16.5. The van der Waals surface area contributed by atoms with E-state index in [2.05, 4.69) is 10.6 Å². The molecule has 0 radical (unpaired) electrons. The van der Waals surface area contributed by atoms with Gasteiger partial charge in [0.25, 0.3) is 0 Å². The first-order valence-electron chi connectivity index (χ1n) is 8.85. The minimum Gasteiger partial charge on any atom is -0.358 e. The fraction of sp³-hybridized carbons (Fsp3) is 0.316. The van der Waals surface area contributed by atoms with Gasteiger partial charge in [-0.2, -0.15) is 4.31 Å². The molecule has 0 aromatic heterocycles. The molecule has 0 spiro atoms. The lowest BCUT2D eigenvalue weighted by molar-refractivity contribution is 0.346. The van der Waals surface area contributed by atoms with Crippen molar-refractivity contribution in [1.29, 1.82) is 0 Å². The number of benzene rings is 2. The minimum absolute atomic E-state index is 0.286. The quantitative estimate of drug-likeness (QED) is 0.743. The maximum absolute atomic E-state index is 13.2. The van der Waals surface area contributed by atoms with Gasteiger partial charge < -0.3 is 10.6 Å². The van der Waals surface area contributed by atoms with E-state index in [9.17, 15) is 12.8 Å². The summed E-state index contributed by atoms with van der Waals surface area (Å²) < 4.78 is 40.0. The second-order valence-corrected chi connectivity index (χ2v) is 8.77. The summed E-state index contributed by atoms with van der Waals surface area (Å²) in [5.74, 6) is -0.293. The Labute approximate surface area is 164 Å². The van der Waals surface area contributed by atoms with E-state index in [0.717, 1.165) is 24.8 Å². The second-order valence-electron chi connectivity index (χ2n) is 6.43. The highest BCUT2D eigenvalue weighted by atomic mass is 32.2. The van der Waals surface area contributed by atoms with Crippen LogP contribution in [0.15, 0.2) is 53.4 Å². The molecule has 1 aliphatic rings. The van der Waals surface area contributed by atoms with E-state index in [1.165, 1.54) is 12.1 Å². The van der Waals surface area contributed by atoms with Gasteiger partial charge in [0, 0.05) is 25.3 Å². The number of piperidine rings is 1. The van der Waals surface area contributed by atoms with E-state index in [4.69, 9.17) is 12.2 Å². The Kier molecular flexibility index (Phi) is 6.41. The molecule has 1 saturated heterocycles. The second kappa shape index (κ2) is 8.77. The van der Waals surface area contributed by atoms with Gasteiger partial charge in [0.1, 0.15) is 5.82 Å². The third-order valence-corrected chi connectivity index (χ3v) is 6.57. The van der Waals surface area contributed by atoms with Crippen molar-refractivity contribution in [3.05, 3.63) is 59.9 Å². The summed E-state index contributed by atoms with van der Waals surface area (Å²) >= 11 is 5.23. The van der Waals surface area contributed by atoms with Gasteiger partial charge in [-0.25, -0.2) is 12.8 Å². The molecule has 1 fully saturated rings. The van der Waals surface area contributed by atoms with E-state index in [1.54, 1.807) is 40.7 Å². The molecule has 2 aromatic rings. The minimum atomic E-state index is -3.44. The van der Waals surface area contributed by atoms with Gasteiger partial charge in [-0.1, -0.05) is 18.6 Å². The molecular formula is C19H22FN3O2S2. The molecule has 1 aliphatic heterocycles. The van der Waals surface area contributed by atoms with Crippen LogP contribution in [-0.2, 0) is 16.6 Å². The highest BCUT2D eigenvalue weighted by molar-refractivity contribution is 7.89. The maximum Gasteiger partial charge on any atom is 0.243 e. The Hall–Kier alpha value is -2.03. The van der Waals surface area contributed by atoms with Crippen molar-refractivity contribution in [3.63, 3.8) is 0 Å². The topological polar surface area (TPSA) is 61.4 Å². The summed E-state index contributed by atoms with van der Waals surface area (Å²) in [5, 5.41) is 6.38. The Morgan fingerprint density at radius 1 is 1.07 bits per heavy atom. The molecule has 0 saturated carbocycles. The maximum atomic E-state index is 13.2. The number of thiocarbonyl (C=S) groups is 1. The van der Waals surface area contributed by atoms with Gasteiger partial charge in [-0.15, -0.1) is 0 Å². The van der Waals surface area contributed by atoms with Gasteiger partial charge in [0.2, 0.25) is 10.0 Å². The predicted octanol–water partition coefficient (Wildman–Crippen LogP) is 3.49. The molecule has 0 aliphatic carbocycles. The van der Waals surface area contributed by atoms with Crippen LogP contribution in [0.5, 0.6) is 0 Å². The number of nitrogens with one attached hydrogen (secondary N) is 2. The highest BCUT2D eigenvalue weighted by Crippen LogP contribution is 2.22. The van der Waals surface area contributed by atoms with Gasteiger partial charge in [0.15, 0.2) is 5.11 Å². The molecule has 144 valence electrons. The molecule has 2 aromatic carbocycles. The van der Waals surface area contributed by atoms with Crippen molar-refractivity contribution in [3.8, 4) is 0 Å². The highest BCUT2D eigenvalue weighted by Gasteiger charge is 2.25. The lowest BCUT2D eigenvalue weighted by atomic mass is 10.2. The molecule has 27 heavy (non-hydrogen) atoms. The average Bonchev–Trinajstić information content (AvgIpc) is 2.68. The Morgan fingerprint density at radius 2 is 1.78 bits per heavy atom. The number of halogens is 1. The summed E-state index contributed by atoms with van der Waals surface area (Å²) in [7, 11) is -3.44. The lowest BCUT2D eigenvalue weighted by Gasteiger charge is -2.25. The summed E-state index contributed by atoms with van der Waals surface area (Å²) in [6, 6.07) is 12.8. The predicted molar refractivity (Wildman–Crippen MR) is 109 cm³/mol. The van der Waals surface area contributed by atoms with Crippen LogP contribution in [-0.4, -0.2) is 30.9 Å². The van der Waals surface area contributed by atoms with E-state index in [1.807, 2.05) is 0 Å². The fourth-order valence-electron chi connectivity index (χ4n) is 2.97. The van der Waals surface area contributed by atoms with Crippen molar-refractivity contribution in [1.82, 2.24) is 9.62 Å². The van der Waals surface area contributed by atoms with Crippen LogP contribution in [0.2, 0.25) is 0 Å². The molecule has 0 amide bonds. The summed E-state index contributed by atoms with van der Waals surface area (Å²) in [6.45, 7) is 1.55. The zero-order valence-electron chi connectivity index (χ0n) is 14.8. The van der Waals surface area contributed by atoms with Gasteiger partial charge in [-0.3, -0.25) is 0 Å². The van der Waals surface area contributed by atoms with Crippen LogP contribution in [0, 0.1) is 5.82 Å². The summed E-state index contributed by atoms with van der Waals surface area (Å²) in [6.07, 6.45) is 2.89. The molecular weight excluding hydrogens is 385 g/mol. The SMILES string of the molecule is O=S(=O)(c1ccc(NC(=S)NCc2cccc(F)c2)cc1)N1CCCCC1. The van der Waals surface area contributed by atoms with Crippen molar-refractivity contribution in [2.24, 2.45) is 0 Å². The number of sulfonamides is 1. The van der Waals surface area contributed by atoms with Crippen molar-refractivity contribution < 1.29 is 12.8 Å². The monoisotopic (exact) mass is 407 g/mol. The molecule has 3 rings (SSSR count). The summed E-state index contributed by atoms with van der Waals surface area (Å²) in [5.41, 5.74) is 1.46. The third kappa shape index (κ3) is 5.24. The van der Waals surface area contributed by atoms with E-state index in [-0.39, 0.29) is 10.7 Å².